The summed E-state index contributed by atoms with van der Waals surface area (Å²) in [5, 5.41) is 4.43. The fraction of sp³-hybridized carbons (Fsp3) is 0.600. The molecule has 1 N–H and O–H groups in total. The molecule has 0 radical (unpaired) electrons. The number of nitrogens with one attached hydrogen (secondary N) is 1. The zero-order valence-electron chi connectivity index (χ0n) is 11.5. The van der Waals surface area contributed by atoms with E-state index in [-0.39, 0.29) is 0 Å². The van der Waals surface area contributed by atoms with Gasteiger partial charge in [0.1, 0.15) is 0 Å². The molecule has 18 heavy (non-hydrogen) atoms. The molecular formula is C15H23BrClN. The Morgan fingerprint density at radius 2 is 2.00 bits per heavy atom. The Balaban J connectivity index is 2.89. The van der Waals surface area contributed by atoms with Gasteiger partial charge in [0.25, 0.3) is 0 Å². The Bertz CT molecular complexity index is 368. The molecule has 2 unspecified atom stereocenters. The molecule has 0 amide bonds. The largest absolute Gasteiger partial charge is 0.310 e. The first-order chi connectivity index (χ1) is 8.60. The minimum atomic E-state index is 0.399. The molecule has 0 fully saturated rings. The predicted molar refractivity (Wildman–Crippen MR) is 84.3 cm³/mol. The summed E-state index contributed by atoms with van der Waals surface area (Å²) < 4.78 is 0.963. The van der Waals surface area contributed by atoms with E-state index < -0.39 is 0 Å². The molecule has 1 aromatic rings. The van der Waals surface area contributed by atoms with Crippen LogP contribution in [-0.2, 0) is 0 Å². The van der Waals surface area contributed by atoms with Crippen LogP contribution in [0.4, 0.5) is 0 Å². The molecule has 102 valence electrons. The molecule has 3 heteroatoms. The topological polar surface area (TPSA) is 12.0 Å². The van der Waals surface area contributed by atoms with E-state index in [1.165, 1.54) is 18.4 Å². The first-order valence-corrected chi connectivity index (χ1v) is 7.95. The zero-order valence-corrected chi connectivity index (χ0v) is 13.8. The summed E-state index contributed by atoms with van der Waals surface area (Å²) in [5.41, 5.74) is 1.29. The average Bonchev–Trinajstić information content (AvgIpc) is 2.34. The Morgan fingerprint density at radius 1 is 1.28 bits per heavy atom. The van der Waals surface area contributed by atoms with E-state index in [4.69, 9.17) is 11.6 Å². The van der Waals surface area contributed by atoms with Crippen molar-refractivity contribution in [3.05, 3.63) is 33.3 Å². The van der Waals surface area contributed by atoms with Crippen molar-refractivity contribution in [1.82, 2.24) is 5.32 Å². The van der Waals surface area contributed by atoms with Gasteiger partial charge in [0.2, 0.25) is 0 Å². The van der Waals surface area contributed by atoms with Crippen LogP contribution in [0.1, 0.15) is 51.6 Å². The molecule has 0 heterocycles. The molecule has 1 nitrogen and oxygen atoms in total. The fourth-order valence-corrected chi connectivity index (χ4v) is 2.71. The number of halogens is 2. The maximum Gasteiger partial charge on any atom is 0.0551 e. The number of hydrogen-bond donors (Lipinski definition) is 1. The van der Waals surface area contributed by atoms with Gasteiger partial charge in [-0.05, 0) is 58.9 Å². The van der Waals surface area contributed by atoms with E-state index in [2.05, 4.69) is 54.2 Å². The van der Waals surface area contributed by atoms with Gasteiger partial charge in [-0.1, -0.05) is 44.9 Å². The molecule has 0 aliphatic carbocycles. The summed E-state index contributed by atoms with van der Waals surface area (Å²) in [6, 6.07) is 6.67. The lowest BCUT2D eigenvalue weighted by atomic mass is 9.91. The molecule has 0 saturated heterocycles. The molecule has 0 aliphatic rings. The predicted octanol–water partition coefficient (Wildman–Crippen LogP) is 5.58. The van der Waals surface area contributed by atoms with Crippen molar-refractivity contribution in [3.8, 4) is 0 Å². The number of benzene rings is 1. The van der Waals surface area contributed by atoms with Crippen molar-refractivity contribution in [3.63, 3.8) is 0 Å². The van der Waals surface area contributed by atoms with Crippen LogP contribution >= 0.6 is 27.5 Å². The number of hydrogen-bond acceptors (Lipinski definition) is 1. The first kappa shape index (κ1) is 16.0. The van der Waals surface area contributed by atoms with Gasteiger partial charge >= 0.3 is 0 Å². The molecule has 1 rings (SSSR count). The Hall–Kier alpha value is -0.0500. The van der Waals surface area contributed by atoms with Crippen LogP contribution in [0.2, 0.25) is 5.02 Å². The molecule has 0 aliphatic heterocycles. The van der Waals surface area contributed by atoms with Crippen molar-refractivity contribution in [2.24, 2.45) is 5.92 Å². The van der Waals surface area contributed by atoms with Gasteiger partial charge in [-0.2, -0.15) is 0 Å². The van der Waals surface area contributed by atoms with Gasteiger partial charge in [0.05, 0.1) is 5.02 Å². The van der Waals surface area contributed by atoms with Crippen molar-refractivity contribution in [1.29, 1.82) is 0 Å². The van der Waals surface area contributed by atoms with Crippen molar-refractivity contribution in [2.75, 3.05) is 6.54 Å². The summed E-state index contributed by atoms with van der Waals surface area (Å²) >= 11 is 9.65. The minimum absolute atomic E-state index is 0.399. The van der Waals surface area contributed by atoms with Crippen LogP contribution in [0, 0.1) is 5.92 Å². The second-order valence-corrected chi connectivity index (χ2v) is 6.13. The quantitative estimate of drug-likeness (QED) is 0.687. The van der Waals surface area contributed by atoms with E-state index in [1.807, 2.05) is 6.07 Å². The number of rotatable bonds is 7. The standard InChI is InChI=1S/C15H23BrClN/c1-4-6-11(3)15(18-9-5-2)12-7-8-13(16)14(17)10-12/h7-8,10-11,15,18H,4-6,9H2,1-3H3. The third kappa shape index (κ3) is 4.56. The highest BCUT2D eigenvalue weighted by atomic mass is 79.9. The molecule has 0 bridgehead atoms. The highest BCUT2D eigenvalue weighted by Gasteiger charge is 2.18. The summed E-state index contributed by atoms with van der Waals surface area (Å²) in [5.74, 6) is 0.624. The summed E-state index contributed by atoms with van der Waals surface area (Å²) in [6.07, 6.45) is 3.60. The van der Waals surface area contributed by atoms with E-state index in [0.29, 0.717) is 12.0 Å². The lowest BCUT2D eigenvalue weighted by molar-refractivity contribution is 0.363. The maximum atomic E-state index is 6.20. The molecule has 0 spiro atoms. The third-order valence-electron chi connectivity index (χ3n) is 3.23. The monoisotopic (exact) mass is 331 g/mol. The van der Waals surface area contributed by atoms with E-state index >= 15 is 0 Å². The van der Waals surface area contributed by atoms with Crippen LogP contribution in [0.25, 0.3) is 0 Å². The average molecular weight is 333 g/mol. The molecule has 2 atom stereocenters. The van der Waals surface area contributed by atoms with Crippen molar-refractivity contribution >= 4 is 27.5 Å². The normalized spacial score (nSPS) is 14.5. The second-order valence-electron chi connectivity index (χ2n) is 4.87. The van der Waals surface area contributed by atoms with Gasteiger partial charge in [-0.15, -0.1) is 0 Å². The van der Waals surface area contributed by atoms with Gasteiger partial charge in [-0.3, -0.25) is 0 Å². The van der Waals surface area contributed by atoms with Gasteiger partial charge in [-0.25, -0.2) is 0 Å². The molecule has 0 aromatic heterocycles. The SMILES string of the molecule is CCCNC(c1ccc(Br)c(Cl)c1)C(C)CCC. The van der Waals surface area contributed by atoms with Gasteiger partial charge < -0.3 is 5.32 Å². The highest BCUT2D eigenvalue weighted by molar-refractivity contribution is 9.10. The fourth-order valence-electron chi connectivity index (χ4n) is 2.28. The lowest BCUT2D eigenvalue weighted by Crippen LogP contribution is -2.27. The Morgan fingerprint density at radius 3 is 2.56 bits per heavy atom. The van der Waals surface area contributed by atoms with Gasteiger partial charge in [0.15, 0.2) is 0 Å². The van der Waals surface area contributed by atoms with Crippen LogP contribution in [0.5, 0.6) is 0 Å². The Kier molecular flexibility index (Phi) is 7.28. The van der Waals surface area contributed by atoms with E-state index in [1.54, 1.807) is 0 Å². The lowest BCUT2D eigenvalue weighted by Gasteiger charge is -2.26. The summed E-state index contributed by atoms with van der Waals surface area (Å²) in [7, 11) is 0. The first-order valence-electron chi connectivity index (χ1n) is 6.78. The summed E-state index contributed by atoms with van der Waals surface area (Å²) in [4.78, 5) is 0. The van der Waals surface area contributed by atoms with Crippen LogP contribution in [0.15, 0.2) is 22.7 Å². The second kappa shape index (κ2) is 8.19. The smallest absolute Gasteiger partial charge is 0.0551 e. The van der Waals surface area contributed by atoms with Crippen LogP contribution < -0.4 is 5.32 Å². The van der Waals surface area contributed by atoms with Crippen molar-refractivity contribution < 1.29 is 0 Å². The van der Waals surface area contributed by atoms with Crippen LogP contribution in [-0.4, -0.2) is 6.54 Å². The van der Waals surface area contributed by atoms with E-state index in [0.717, 1.165) is 22.5 Å². The minimum Gasteiger partial charge on any atom is -0.310 e. The Labute approximate surface area is 124 Å². The van der Waals surface area contributed by atoms with Crippen molar-refractivity contribution in [2.45, 2.75) is 46.1 Å². The molecule has 0 saturated carbocycles. The van der Waals surface area contributed by atoms with E-state index in [9.17, 15) is 0 Å². The molecule has 1 aromatic carbocycles. The van der Waals surface area contributed by atoms with Crippen LogP contribution in [0.3, 0.4) is 0 Å². The highest BCUT2D eigenvalue weighted by Crippen LogP contribution is 2.30. The summed E-state index contributed by atoms with van der Waals surface area (Å²) in [6.45, 7) is 7.80. The maximum absolute atomic E-state index is 6.20. The van der Waals surface area contributed by atoms with Gasteiger partial charge in [0, 0.05) is 10.5 Å². The zero-order chi connectivity index (χ0) is 13.5. The molecular weight excluding hydrogens is 310 g/mol. The third-order valence-corrected chi connectivity index (χ3v) is 4.46.